The maximum atomic E-state index is 8.70. The van der Waals surface area contributed by atoms with Crippen LogP contribution in [0, 0.1) is 5.92 Å². The number of hydrogen-bond donors (Lipinski definition) is 1. The highest BCUT2D eigenvalue weighted by atomic mass is 32.2. The second-order valence-electron chi connectivity index (χ2n) is 3.02. The molecule has 1 saturated heterocycles. The summed E-state index contributed by atoms with van der Waals surface area (Å²) in [5.41, 5.74) is 1.26. The van der Waals surface area contributed by atoms with E-state index in [4.69, 9.17) is 5.11 Å². The third kappa shape index (κ3) is 2.88. The van der Waals surface area contributed by atoms with Gasteiger partial charge in [-0.05, 0) is 36.7 Å². The molecular formula is C9H16OS. The van der Waals surface area contributed by atoms with Crippen LogP contribution in [-0.4, -0.2) is 23.2 Å². The Morgan fingerprint density at radius 1 is 1.45 bits per heavy atom. The molecule has 1 nitrogen and oxygen atoms in total. The van der Waals surface area contributed by atoms with Crippen molar-refractivity contribution in [2.45, 2.75) is 19.3 Å². The Kier molecular flexibility index (Phi) is 4.02. The Balaban J connectivity index is 2.27. The van der Waals surface area contributed by atoms with E-state index in [0.717, 1.165) is 6.42 Å². The van der Waals surface area contributed by atoms with Crippen LogP contribution in [0.25, 0.3) is 0 Å². The SMILES string of the molecule is C=C(CCO)C1CCSCC1. The summed E-state index contributed by atoms with van der Waals surface area (Å²) in [7, 11) is 0. The molecule has 1 fully saturated rings. The minimum absolute atomic E-state index is 0.266. The molecule has 1 aliphatic heterocycles. The van der Waals surface area contributed by atoms with E-state index in [2.05, 4.69) is 6.58 Å². The zero-order valence-corrected chi connectivity index (χ0v) is 7.70. The summed E-state index contributed by atoms with van der Waals surface area (Å²) in [5, 5.41) is 8.70. The molecule has 0 aliphatic carbocycles. The monoisotopic (exact) mass is 172 g/mol. The third-order valence-electron chi connectivity index (χ3n) is 2.23. The molecule has 1 aliphatic rings. The predicted octanol–water partition coefficient (Wildman–Crippen LogP) is 2.07. The fourth-order valence-electron chi connectivity index (χ4n) is 1.45. The lowest BCUT2D eigenvalue weighted by Crippen LogP contribution is -2.12. The van der Waals surface area contributed by atoms with Gasteiger partial charge in [0.2, 0.25) is 0 Å². The Hall–Kier alpha value is 0.0500. The first-order valence-electron chi connectivity index (χ1n) is 4.21. The van der Waals surface area contributed by atoms with Crippen molar-refractivity contribution in [3.05, 3.63) is 12.2 Å². The van der Waals surface area contributed by atoms with Crippen LogP contribution in [0.4, 0.5) is 0 Å². The molecule has 0 saturated carbocycles. The van der Waals surface area contributed by atoms with Gasteiger partial charge >= 0.3 is 0 Å². The van der Waals surface area contributed by atoms with E-state index >= 15 is 0 Å². The summed E-state index contributed by atoms with van der Waals surface area (Å²) in [6.07, 6.45) is 3.34. The fraction of sp³-hybridized carbons (Fsp3) is 0.778. The molecule has 64 valence electrons. The van der Waals surface area contributed by atoms with Gasteiger partial charge < -0.3 is 5.11 Å². The van der Waals surface area contributed by atoms with Gasteiger partial charge in [0.25, 0.3) is 0 Å². The van der Waals surface area contributed by atoms with Crippen molar-refractivity contribution in [2.75, 3.05) is 18.1 Å². The highest BCUT2D eigenvalue weighted by Gasteiger charge is 2.15. The maximum absolute atomic E-state index is 8.70. The van der Waals surface area contributed by atoms with Crippen LogP contribution in [-0.2, 0) is 0 Å². The lowest BCUT2D eigenvalue weighted by molar-refractivity contribution is 0.293. The average Bonchev–Trinajstić information content (AvgIpc) is 2.07. The maximum Gasteiger partial charge on any atom is 0.0468 e. The van der Waals surface area contributed by atoms with Gasteiger partial charge in [0, 0.05) is 6.61 Å². The molecule has 0 amide bonds. The minimum Gasteiger partial charge on any atom is -0.396 e. The summed E-state index contributed by atoms with van der Waals surface area (Å²) in [6.45, 7) is 4.27. The molecule has 0 unspecified atom stereocenters. The summed E-state index contributed by atoms with van der Waals surface area (Å²) in [6, 6.07) is 0. The van der Waals surface area contributed by atoms with Crippen LogP contribution >= 0.6 is 11.8 Å². The molecule has 1 rings (SSSR count). The molecule has 0 aromatic rings. The van der Waals surface area contributed by atoms with Crippen LogP contribution in [0.15, 0.2) is 12.2 Å². The van der Waals surface area contributed by atoms with E-state index in [1.165, 1.54) is 29.9 Å². The second kappa shape index (κ2) is 4.83. The minimum atomic E-state index is 0.266. The Morgan fingerprint density at radius 2 is 2.09 bits per heavy atom. The van der Waals surface area contributed by atoms with Gasteiger partial charge in [0.1, 0.15) is 0 Å². The van der Waals surface area contributed by atoms with Crippen LogP contribution < -0.4 is 0 Å². The van der Waals surface area contributed by atoms with Gasteiger partial charge in [0.05, 0.1) is 0 Å². The van der Waals surface area contributed by atoms with Crippen molar-refractivity contribution in [1.29, 1.82) is 0 Å². The zero-order valence-electron chi connectivity index (χ0n) is 6.88. The first-order chi connectivity index (χ1) is 5.34. The number of aliphatic hydroxyl groups excluding tert-OH is 1. The molecule has 0 aromatic heterocycles. The number of hydrogen-bond acceptors (Lipinski definition) is 2. The summed E-state index contributed by atoms with van der Waals surface area (Å²) in [5.74, 6) is 3.24. The summed E-state index contributed by atoms with van der Waals surface area (Å²) < 4.78 is 0. The lowest BCUT2D eigenvalue weighted by Gasteiger charge is -2.22. The summed E-state index contributed by atoms with van der Waals surface area (Å²) in [4.78, 5) is 0. The molecule has 0 aromatic carbocycles. The van der Waals surface area contributed by atoms with Gasteiger partial charge in [-0.3, -0.25) is 0 Å². The van der Waals surface area contributed by atoms with Gasteiger partial charge in [-0.2, -0.15) is 11.8 Å². The molecular weight excluding hydrogens is 156 g/mol. The highest BCUT2D eigenvalue weighted by molar-refractivity contribution is 7.99. The van der Waals surface area contributed by atoms with E-state index in [1.54, 1.807) is 0 Å². The van der Waals surface area contributed by atoms with Crippen LogP contribution in [0.1, 0.15) is 19.3 Å². The number of thioether (sulfide) groups is 1. The van der Waals surface area contributed by atoms with Crippen molar-refractivity contribution < 1.29 is 5.11 Å². The first-order valence-corrected chi connectivity index (χ1v) is 5.36. The standard InChI is InChI=1S/C9H16OS/c1-8(2-5-10)9-3-6-11-7-4-9/h9-10H,1-7H2. The van der Waals surface area contributed by atoms with Crippen molar-refractivity contribution >= 4 is 11.8 Å². The van der Waals surface area contributed by atoms with Gasteiger partial charge in [0.15, 0.2) is 0 Å². The van der Waals surface area contributed by atoms with Crippen molar-refractivity contribution in [1.82, 2.24) is 0 Å². The molecule has 0 atom stereocenters. The second-order valence-corrected chi connectivity index (χ2v) is 4.24. The molecule has 11 heavy (non-hydrogen) atoms. The molecule has 0 spiro atoms. The Morgan fingerprint density at radius 3 is 2.64 bits per heavy atom. The quantitative estimate of drug-likeness (QED) is 0.658. The predicted molar refractivity (Wildman–Crippen MR) is 50.9 cm³/mol. The molecule has 0 radical (unpaired) electrons. The largest absolute Gasteiger partial charge is 0.396 e. The molecule has 1 N–H and O–H groups in total. The Labute approximate surface area is 72.9 Å². The average molecular weight is 172 g/mol. The van der Waals surface area contributed by atoms with Crippen molar-refractivity contribution in [3.63, 3.8) is 0 Å². The van der Waals surface area contributed by atoms with Gasteiger partial charge in [-0.1, -0.05) is 12.2 Å². The van der Waals surface area contributed by atoms with Crippen LogP contribution in [0.5, 0.6) is 0 Å². The smallest absolute Gasteiger partial charge is 0.0468 e. The number of aliphatic hydroxyl groups is 1. The topological polar surface area (TPSA) is 20.2 Å². The van der Waals surface area contributed by atoms with Gasteiger partial charge in [-0.25, -0.2) is 0 Å². The van der Waals surface area contributed by atoms with E-state index in [1.807, 2.05) is 11.8 Å². The lowest BCUT2D eigenvalue weighted by atomic mass is 9.92. The van der Waals surface area contributed by atoms with Crippen molar-refractivity contribution in [2.24, 2.45) is 5.92 Å². The molecule has 0 bridgehead atoms. The third-order valence-corrected chi connectivity index (χ3v) is 3.28. The zero-order chi connectivity index (χ0) is 8.10. The first kappa shape index (κ1) is 9.14. The van der Waals surface area contributed by atoms with Crippen LogP contribution in [0.3, 0.4) is 0 Å². The molecule has 2 heteroatoms. The van der Waals surface area contributed by atoms with E-state index < -0.39 is 0 Å². The van der Waals surface area contributed by atoms with E-state index in [9.17, 15) is 0 Å². The number of rotatable bonds is 3. The highest BCUT2D eigenvalue weighted by Crippen LogP contribution is 2.28. The van der Waals surface area contributed by atoms with Crippen LogP contribution in [0.2, 0.25) is 0 Å². The Bertz CT molecular complexity index is 128. The van der Waals surface area contributed by atoms with Crippen molar-refractivity contribution in [3.8, 4) is 0 Å². The van der Waals surface area contributed by atoms with E-state index in [-0.39, 0.29) is 6.61 Å². The molecule has 1 heterocycles. The normalized spacial score (nSPS) is 20.1. The van der Waals surface area contributed by atoms with E-state index in [0.29, 0.717) is 5.92 Å². The summed E-state index contributed by atoms with van der Waals surface area (Å²) >= 11 is 2.03. The fourth-order valence-corrected chi connectivity index (χ4v) is 2.56. The van der Waals surface area contributed by atoms with Gasteiger partial charge in [-0.15, -0.1) is 0 Å².